The Morgan fingerprint density at radius 3 is 2.69 bits per heavy atom. The third-order valence-corrected chi connectivity index (χ3v) is 5.88. The highest BCUT2D eigenvalue weighted by molar-refractivity contribution is 5.94. The van der Waals surface area contributed by atoms with Gasteiger partial charge in [-0.3, -0.25) is 9.48 Å². The van der Waals surface area contributed by atoms with E-state index in [4.69, 9.17) is 4.52 Å². The zero-order valence-electron chi connectivity index (χ0n) is 17.9. The Morgan fingerprint density at radius 2 is 1.94 bits per heavy atom. The molecule has 0 unspecified atom stereocenters. The van der Waals surface area contributed by atoms with Gasteiger partial charge in [0.15, 0.2) is 5.69 Å². The largest absolute Gasteiger partial charge is 0.334 e. The second-order valence-electron chi connectivity index (χ2n) is 7.83. The van der Waals surface area contributed by atoms with E-state index in [2.05, 4.69) is 22.2 Å². The molecule has 0 spiro atoms. The number of halogens is 1. The van der Waals surface area contributed by atoms with Crippen LogP contribution in [0.5, 0.6) is 0 Å². The summed E-state index contributed by atoms with van der Waals surface area (Å²) in [5, 5.41) is 8.51. The minimum absolute atomic E-state index is 0.0225. The maximum Gasteiger partial charge on any atom is 0.279 e. The predicted octanol–water partition coefficient (Wildman–Crippen LogP) is 4.04. The number of hydrogen-bond acceptors (Lipinski definition) is 5. The molecule has 0 saturated carbocycles. The van der Waals surface area contributed by atoms with Crippen molar-refractivity contribution in [1.82, 2.24) is 24.8 Å². The maximum absolute atomic E-state index is 14.1. The molecule has 162 valence electrons. The van der Waals surface area contributed by atoms with Crippen LogP contribution in [0.25, 0.3) is 23.0 Å². The fraction of sp³-hybridized carbons (Fsp3) is 0.250. The molecule has 8 heteroatoms. The van der Waals surface area contributed by atoms with Crippen LogP contribution in [0.15, 0.2) is 53.1 Å². The van der Waals surface area contributed by atoms with Crippen molar-refractivity contribution in [2.75, 3.05) is 6.54 Å². The number of fused-ring (bicyclic) bond motifs is 1. The van der Waals surface area contributed by atoms with E-state index in [9.17, 15) is 9.18 Å². The fourth-order valence-electron chi connectivity index (χ4n) is 4.07. The number of carbonyl (C=O) groups excluding carboxylic acids is 1. The van der Waals surface area contributed by atoms with E-state index in [1.807, 2.05) is 36.2 Å². The Hall–Kier alpha value is -3.81. The van der Waals surface area contributed by atoms with Crippen LogP contribution >= 0.6 is 0 Å². The molecule has 2 aromatic heterocycles. The molecule has 0 atom stereocenters. The van der Waals surface area contributed by atoms with Gasteiger partial charge in [0.1, 0.15) is 5.82 Å². The van der Waals surface area contributed by atoms with Crippen molar-refractivity contribution >= 4 is 5.91 Å². The highest BCUT2D eigenvalue weighted by Crippen LogP contribution is 2.31. The van der Waals surface area contributed by atoms with Gasteiger partial charge in [-0.15, -0.1) is 0 Å². The van der Waals surface area contributed by atoms with E-state index in [1.165, 1.54) is 11.6 Å². The second-order valence-corrected chi connectivity index (χ2v) is 7.83. The van der Waals surface area contributed by atoms with Crippen molar-refractivity contribution in [3.05, 3.63) is 76.7 Å². The topological polar surface area (TPSA) is 77.1 Å². The Kier molecular flexibility index (Phi) is 5.05. The number of nitrogens with zero attached hydrogens (tertiary/aromatic N) is 5. The molecule has 5 rings (SSSR count). The molecule has 0 radical (unpaired) electrons. The molecule has 0 bridgehead atoms. The first-order valence-corrected chi connectivity index (χ1v) is 10.6. The normalized spacial score (nSPS) is 13.3. The third kappa shape index (κ3) is 3.47. The predicted molar refractivity (Wildman–Crippen MR) is 116 cm³/mol. The Balaban J connectivity index is 1.45. The molecule has 1 amide bonds. The van der Waals surface area contributed by atoms with E-state index in [0.29, 0.717) is 30.8 Å². The lowest BCUT2D eigenvalue weighted by atomic mass is 10.0. The molecule has 32 heavy (non-hydrogen) atoms. The third-order valence-electron chi connectivity index (χ3n) is 5.88. The lowest BCUT2D eigenvalue weighted by molar-refractivity contribution is 0.0733. The van der Waals surface area contributed by atoms with Gasteiger partial charge in [0, 0.05) is 36.8 Å². The smallest absolute Gasteiger partial charge is 0.279 e. The van der Waals surface area contributed by atoms with Gasteiger partial charge in [-0.05, 0) is 36.2 Å². The summed E-state index contributed by atoms with van der Waals surface area (Å²) in [6.45, 7) is 3.08. The highest BCUT2D eigenvalue weighted by Gasteiger charge is 2.30. The summed E-state index contributed by atoms with van der Waals surface area (Å²) in [7, 11) is 1.86. The zero-order valence-corrected chi connectivity index (χ0v) is 17.9. The molecule has 1 aliphatic heterocycles. The van der Waals surface area contributed by atoms with Crippen LogP contribution in [0, 0.1) is 5.82 Å². The van der Waals surface area contributed by atoms with E-state index < -0.39 is 5.82 Å². The first-order valence-electron chi connectivity index (χ1n) is 10.6. The average molecular weight is 431 g/mol. The van der Waals surface area contributed by atoms with Crippen LogP contribution in [0.3, 0.4) is 0 Å². The number of amides is 1. The van der Waals surface area contributed by atoms with E-state index in [1.54, 1.807) is 22.9 Å². The van der Waals surface area contributed by atoms with Gasteiger partial charge >= 0.3 is 0 Å². The molecule has 0 aliphatic carbocycles. The van der Waals surface area contributed by atoms with Gasteiger partial charge in [0.2, 0.25) is 5.82 Å². The first kappa shape index (κ1) is 20.1. The molecular formula is C24H22FN5O2. The molecular weight excluding hydrogens is 409 g/mol. The van der Waals surface area contributed by atoms with Crippen molar-refractivity contribution in [2.45, 2.75) is 26.3 Å². The lowest BCUT2D eigenvalue weighted by Crippen LogP contribution is -2.36. The van der Waals surface area contributed by atoms with Gasteiger partial charge in [-0.25, -0.2) is 4.39 Å². The maximum atomic E-state index is 14.1. The van der Waals surface area contributed by atoms with Crippen LogP contribution in [-0.2, 0) is 26.4 Å². The number of benzene rings is 2. The zero-order chi connectivity index (χ0) is 22.2. The Bertz CT molecular complexity index is 1290. The molecule has 7 nitrogen and oxygen atoms in total. The standard InChI is InChI=1S/C24H22FN5O2/c1-3-15-8-10-16(11-9-15)24(31)30-13-12-20-18(14-30)21(27-29(20)2)23-26-22(28-32-23)17-6-4-5-7-19(17)25/h4-11H,3,12-14H2,1-2H3. The minimum atomic E-state index is -0.422. The van der Waals surface area contributed by atoms with Crippen molar-refractivity contribution in [3.63, 3.8) is 0 Å². The summed E-state index contributed by atoms with van der Waals surface area (Å²) in [4.78, 5) is 19.3. The van der Waals surface area contributed by atoms with Crippen molar-refractivity contribution in [1.29, 1.82) is 0 Å². The molecule has 0 fully saturated rings. The van der Waals surface area contributed by atoms with Crippen molar-refractivity contribution in [2.24, 2.45) is 7.05 Å². The van der Waals surface area contributed by atoms with Gasteiger partial charge in [-0.1, -0.05) is 36.3 Å². The van der Waals surface area contributed by atoms with Gasteiger partial charge in [-0.2, -0.15) is 10.1 Å². The minimum Gasteiger partial charge on any atom is -0.334 e. The van der Waals surface area contributed by atoms with Crippen LogP contribution in [0.4, 0.5) is 4.39 Å². The highest BCUT2D eigenvalue weighted by atomic mass is 19.1. The van der Waals surface area contributed by atoms with Gasteiger partial charge in [0.05, 0.1) is 12.1 Å². The number of aryl methyl sites for hydroxylation is 2. The van der Waals surface area contributed by atoms with Crippen LogP contribution in [0.1, 0.15) is 34.1 Å². The summed E-state index contributed by atoms with van der Waals surface area (Å²) in [5.41, 5.74) is 4.54. The number of hydrogen-bond donors (Lipinski definition) is 0. The van der Waals surface area contributed by atoms with E-state index in [-0.39, 0.29) is 23.2 Å². The first-order chi connectivity index (χ1) is 15.5. The summed E-state index contributed by atoms with van der Waals surface area (Å²) in [6.07, 6.45) is 1.60. The quantitative estimate of drug-likeness (QED) is 0.487. The molecule has 1 aliphatic rings. The summed E-state index contributed by atoms with van der Waals surface area (Å²) in [6, 6.07) is 14.0. The van der Waals surface area contributed by atoms with E-state index in [0.717, 1.165) is 17.7 Å². The van der Waals surface area contributed by atoms with Crippen molar-refractivity contribution < 1.29 is 13.7 Å². The fourth-order valence-corrected chi connectivity index (χ4v) is 4.07. The van der Waals surface area contributed by atoms with Crippen molar-refractivity contribution in [3.8, 4) is 23.0 Å². The number of aromatic nitrogens is 4. The molecule has 2 aromatic carbocycles. The van der Waals surface area contributed by atoms with Gasteiger partial charge in [0.25, 0.3) is 11.8 Å². The summed E-state index contributed by atoms with van der Waals surface area (Å²) < 4.78 is 21.4. The Labute approximate surface area is 184 Å². The van der Waals surface area contributed by atoms with E-state index >= 15 is 0 Å². The molecule has 3 heterocycles. The summed E-state index contributed by atoms with van der Waals surface area (Å²) in [5.74, 6) is -0.0709. The van der Waals surface area contributed by atoms with Gasteiger partial charge < -0.3 is 9.42 Å². The monoisotopic (exact) mass is 431 g/mol. The number of rotatable bonds is 4. The molecule has 0 N–H and O–H groups in total. The molecule has 4 aromatic rings. The SMILES string of the molecule is CCc1ccc(C(=O)N2CCc3c(c(-c4nc(-c5ccccc5F)no4)nn3C)C2)cc1. The lowest BCUT2D eigenvalue weighted by Gasteiger charge is -2.27. The van der Waals surface area contributed by atoms with Crippen LogP contribution in [-0.4, -0.2) is 37.3 Å². The average Bonchev–Trinajstić information content (AvgIpc) is 3.43. The second kappa shape index (κ2) is 8.03. The van der Waals surface area contributed by atoms with Crippen LogP contribution in [0.2, 0.25) is 0 Å². The number of carbonyl (C=O) groups is 1. The Morgan fingerprint density at radius 1 is 1.16 bits per heavy atom. The summed E-state index contributed by atoms with van der Waals surface area (Å²) >= 11 is 0. The molecule has 0 saturated heterocycles. The van der Waals surface area contributed by atoms with Crippen LogP contribution < -0.4 is 0 Å².